The van der Waals surface area contributed by atoms with Gasteiger partial charge in [0.15, 0.2) is 0 Å². The minimum absolute atomic E-state index is 0.00441. The van der Waals surface area contributed by atoms with E-state index in [1.54, 1.807) is 0 Å². The molecule has 2 atom stereocenters. The van der Waals surface area contributed by atoms with Crippen LogP contribution in [0.1, 0.15) is 32.6 Å². The van der Waals surface area contributed by atoms with Crippen molar-refractivity contribution in [1.29, 1.82) is 0 Å². The van der Waals surface area contributed by atoms with Gasteiger partial charge in [0.1, 0.15) is 0 Å². The van der Waals surface area contributed by atoms with Crippen molar-refractivity contribution >= 4 is 0 Å². The Morgan fingerprint density at radius 1 is 1.41 bits per heavy atom. The van der Waals surface area contributed by atoms with Crippen molar-refractivity contribution in [1.82, 2.24) is 4.90 Å². The van der Waals surface area contributed by atoms with E-state index in [1.807, 2.05) is 0 Å². The summed E-state index contributed by atoms with van der Waals surface area (Å²) >= 11 is 0. The van der Waals surface area contributed by atoms with E-state index in [-0.39, 0.29) is 12.2 Å². The van der Waals surface area contributed by atoms with Crippen molar-refractivity contribution in [3.05, 3.63) is 0 Å². The second-order valence-electron chi connectivity index (χ2n) is 5.19. The maximum absolute atomic E-state index is 8.94. The Labute approximate surface area is 104 Å². The second kappa shape index (κ2) is 6.14. The van der Waals surface area contributed by atoms with E-state index in [0.717, 1.165) is 58.6 Å². The predicted octanol–water partition coefficient (Wildman–Crippen LogP) is 1.03. The number of rotatable bonds is 5. The van der Waals surface area contributed by atoms with Gasteiger partial charge in [0.2, 0.25) is 0 Å². The molecule has 2 aliphatic rings. The molecular weight excluding hydrogens is 218 g/mol. The molecule has 0 saturated carbocycles. The summed E-state index contributed by atoms with van der Waals surface area (Å²) in [5.41, 5.74) is -0.00441. The molecule has 0 bridgehead atoms. The number of nitrogens with zero attached hydrogens (tertiary/aromatic N) is 1. The Kier molecular flexibility index (Phi) is 4.79. The standard InChI is InChI=1S/C13H25NO3/c1-2-14(6-3-7-15)12-4-8-17-13(10-12)5-9-16-11-13/h12,15H,2-11H2,1H3. The average Bonchev–Trinajstić information content (AvgIpc) is 2.78. The zero-order valence-electron chi connectivity index (χ0n) is 10.9. The molecule has 100 valence electrons. The molecule has 2 rings (SSSR count). The fourth-order valence-electron chi connectivity index (χ4n) is 3.05. The fourth-order valence-corrected chi connectivity index (χ4v) is 3.05. The van der Waals surface area contributed by atoms with Crippen molar-refractivity contribution in [3.8, 4) is 0 Å². The fraction of sp³-hybridized carbons (Fsp3) is 1.00. The van der Waals surface area contributed by atoms with Crippen molar-refractivity contribution in [3.63, 3.8) is 0 Å². The lowest BCUT2D eigenvalue weighted by atomic mass is 9.89. The molecule has 4 nitrogen and oxygen atoms in total. The summed E-state index contributed by atoms with van der Waals surface area (Å²) in [6.07, 6.45) is 4.11. The first-order chi connectivity index (χ1) is 8.29. The van der Waals surface area contributed by atoms with Gasteiger partial charge >= 0.3 is 0 Å². The molecule has 1 spiro atoms. The minimum Gasteiger partial charge on any atom is -0.396 e. The van der Waals surface area contributed by atoms with E-state index in [1.165, 1.54) is 0 Å². The van der Waals surface area contributed by atoms with Gasteiger partial charge in [0.05, 0.1) is 12.2 Å². The van der Waals surface area contributed by atoms with Gasteiger partial charge in [0.25, 0.3) is 0 Å². The molecule has 0 aromatic rings. The smallest absolute Gasteiger partial charge is 0.0951 e. The van der Waals surface area contributed by atoms with Gasteiger partial charge in [-0.2, -0.15) is 0 Å². The lowest BCUT2D eigenvalue weighted by Gasteiger charge is -2.42. The Balaban J connectivity index is 1.90. The summed E-state index contributed by atoms with van der Waals surface area (Å²) in [5, 5.41) is 8.94. The first-order valence-electron chi connectivity index (χ1n) is 6.86. The van der Waals surface area contributed by atoms with Gasteiger partial charge in [-0.25, -0.2) is 0 Å². The molecule has 2 fully saturated rings. The van der Waals surface area contributed by atoms with Crippen LogP contribution in [0, 0.1) is 0 Å². The van der Waals surface area contributed by atoms with Gasteiger partial charge in [-0.3, -0.25) is 0 Å². The molecule has 0 radical (unpaired) electrons. The van der Waals surface area contributed by atoms with E-state index < -0.39 is 0 Å². The van der Waals surface area contributed by atoms with Crippen molar-refractivity contribution in [2.45, 2.75) is 44.2 Å². The van der Waals surface area contributed by atoms with Gasteiger partial charge in [-0.1, -0.05) is 6.92 Å². The van der Waals surface area contributed by atoms with Gasteiger partial charge in [-0.15, -0.1) is 0 Å². The summed E-state index contributed by atoms with van der Waals surface area (Å²) in [4.78, 5) is 2.48. The third-order valence-electron chi connectivity index (χ3n) is 4.06. The maximum atomic E-state index is 8.94. The van der Waals surface area contributed by atoms with Crippen LogP contribution in [0.3, 0.4) is 0 Å². The lowest BCUT2D eigenvalue weighted by Crippen LogP contribution is -2.49. The zero-order valence-corrected chi connectivity index (χ0v) is 10.9. The van der Waals surface area contributed by atoms with E-state index >= 15 is 0 Å². The second-order valence-corrected chi connectivity index (χ2v) is 5.19. The van der Waals surface area contributed by atoms with E-state index in [4.69, 9.17) is 14.6 Å². The summed E-state index contributed by atoms with van der Waals surface area (Å²) < 4.78 is 11.5. The molecule has 1 N–H and O–H groups in total. The van der Waals surface area contributed by atoms with Crippen LogP contribution in [0.5, 0.6) is 0 Å². The maximum Gasteiger partial charge on any atom is 0.0951 e. The largest absolute Gasteiger partial charge is 0.396 e. The lowest BCUT2D eigenvalue weighted by molar-refractivity contribution is -0.106. The summed E-state index contributed by atoms with van der Waals surface area (Å²) in [6.45, 7) is 7.00. The summed E-state index contributed by atoms with van der Waals surface area (Å²) in [6, 6.07) is 0.599. The Morgan fingerprint density at radius 2 is 2.29 bits per heavy atom. The predicted molar refractivity (Wildman–Crippen MR) is 66.1 cm³/mol. The van der Waals surface area contributed by atoms with Crippen LogP contribution in [0.15, 0.2) is 0 Å². The molecule has 0 amide bonds. The van der Waals surface area contributed by atoms with Crippen LogP contribution >= 0.6 is 0 Å². The molecule has 0 aromatic carbocycles. The summed E-state index contributed by atoms with van der Waals surface area (Å²) in [7, 11) is 0. The average molecular weight is 243 g/mol. The number of aliphatic hydroxyl groups excluding tert-OH is 1. The number of hydrogen-bond acceptors (Lipinski definition) is 4. The molecule has 0 aliphatic carbocycles. The monoisotopic (exact) mass is 243 g/mol. The van der Waals surface area contributed by atoms with Gasteiger partial charge < -0.3 is 19.5 Å². The highest BCUT2D eigenvalue weighted by Crippen LogP contribution is 2.34. The van der Waals surface area contributed by atoms with Crippen LogP contribution in [-0.4, -0.2) is 61.2 Å². The highest BCUT2D eigenvalue weighted by Gasteiger charge is 2.42. The van der Waals surface area contributed by atoms with Crippen molar-refractivity contribution < 1.29 is 14.6 Å². The van der Waals surface area contributed by atoms with Crippen LogP contribution in [0.25, 0.3) is 0 Å². The Bertz CT molecular complexity index is 229. The van der Waals surface area contributed by atoms with E-state index in [0.29, 0.717) is 6.04 Å². The Morgan fingerprint density at radius 3 is 2.94 bits per heavy atom. The quantitative estimate of drug-likeness (QED) is 0.783. The van der Waals surface area contributed by atoms with E-state index in [2.05, 4.69) is 11.8 Å². The van der Waals surface area contributed by atoms with Crippen LogP contribution in [0.2, 0.25) is 0 Å². The highest BCUT2D eigenvalue weighted by atomic mass is 16.6. The van der Waals surface area contributed by atoms with Crippen molar-refractivity contribution in [2.24, 2.45) is 0 Å². The first kappa shape index (κ1) is 13.3. The van der Waals surface area contributed by atoms with Crippen LogP contribution in [0.4, 0.5) is 0 Å². The molecule has 0 aromatic heterocycles. The molecular formula is C13H25NO3. The third-order valence-corrected chi connectivity index (χ3v) is 4.06. The molecule has 4 heteroatoms. The summed E-state index contributed by atoms with van der Waals surface area (Å²) in [5.74, 6) is 0. The number of aliphatic hydroxyl groups is 1. The third kappa shape index (κ3) is 3.19. The minimum atomic E-state index is -0.00441. The molecule has 2 saturated heterocycles. The van der Waals surface area contributed by atoms with Crippen LogP contribution in [-0.2, 0) is 9.47 Å². The van der Waals surface area contributed by atoms with Crippen LogP contribution < -0.4 is 0 Å². The van der Waals surface area contributed by atoms with Crippen molar-refractivity contribution in [2.75, 3.05) is 39.5 Å². The first-order valence-corrected chi connectivity index (χ1v) is 6.86. The molecule has 2 aliphatic heterocycles. The topological polar surface area (TPSA) is 41.9 Å². The SMILES string of the molecule is CCN(CCCO)C1CCOC2(CCOC2)C1. The molecule has 17 heavy (non-hydrogen) atoms. The van der Waals surface area contributed by atoms with Gasteiger partial charge in [-0.05, 0) is 25.8 Å². The highest BCUT2D eigenvalue weighted by molar-refractivity contribution is 4.93. The van der Waals surface area contributed by atoms with E-state index in [9.17, 15) is 0 Å². The molecule has 2 heterocycles. The Hall–Kier alpha value is -0.160. The zero-order chi connectivity index (χ0) is 12.1. The molecule has 2 unspecified atom stereocenters. The normalized spacial score (nSPS) is 33.7. The number of hydrogen-bond donors (Lipinski definition) is 1. The van der Waals surface area contributed by atoms with Gasteiger partial charge in [0, 0.05) is 38.8 Å². The number of ether oxygens (including phenoxy) is 2.